The van der Waals surface area contributed by atoms with Gasteiger partial charge in [0.25, 0.3) is 5.69 Å². The molecule has 2 N–H and O–H groups in total. The minimum absolute atomic E-state index is 0.148. The molecule has 0 bridgehead atoms. The van der Waals surface area contributed by atoms with Crippen LogP contribution in [-0.2, 0) is 0 Å². The predicted octanol–water partition coefficient (Wildman–Crippen LogP) is 3.43. The van der Waals surface area contributed by atoms with Crippen LogP contribution in [0, 0.1) is 10.1 Å². The Kier molecular flexibility index (Phi) is 5.96. The fourth-order valence-electron chi connectivity index (χ4n) is 2.07. The number of nitro benzene ring substituents is 1. The zero-order valence-corrected chi connectivity index (χ0v) is 14.7. The molecule has 2 aromatic rings. The van der Waals surface area contributed by atoms with E-state index in [4.69, 9.17) is 26.4 Å². The molecule has 2 rings (SSSR count). The van der Waals surface area contributed by atoms with Crippen LogP contribution in [0.2, 0.25) is 0 Å². The van der Waals surface area contributed by atoms with E-state index in [2.05, 4.69) is 10.6 Å². The van der Waals surface area contributed by atoms with Crippen molar-refractivity contribution in [2.75, 3.05) is 32.0 Å². The maximum absolute atomic E-state index is 11.2. The molecule has 0 unspecified atom stereocenters. The van der Waals surface area contributed by atoms with Gasteiger partial charge in [-0.3, -0.25) is 10.1 Å². The minimum Gasteiger partial charge on any atom is -0.497 e. The summed E-state index contributed by atoms with van der Waals surface area (Å²) in [6.07, 6.45) is 0. The molecule has 0 aliphatic carbocycles. The highest BCUT2D eigenvalue weighted by Crippen LogP contribution is 2.31. The lowest BCUT2D eigenvalue weighted by atomic mass is 10.2. The van der Waals surface area contributed by atoms with Crippen molar-refractivity contribution in [3.8, 4) is 17.2 Å². The van der Waals surface area contributed by atoms with E-state index in [0.29, 0.717) is 22.9 Å². The van der Waals surface area contributed by atoms with Gasteiger partial charge in [-0.2, -0.15) is 0 Å². The maximum atomic E-state index is 11.2. The molecule has 9 heteroatoms. The van der Waals surface area contributed by atoms with Crippen molar-refractivity contribution in [2.24, 2.45) is 0 Å². The average Bonchev–Trinajstić information content (AvgIpc) is 2.62. The third kappa shape index (κ3) is 4.48. The second-order valence-electron chi connectivity index (χ2n) is 4.79. The number of rotatable bonds is 6. The first-order chi connectivity index (χ1) is 12.0. The monoisotopic (exact) mass is 363 g/mol. The molecule has 0 radical (unpaired) electrons. The van der Waals surface area contributed by atoms with Gasteiger partial charge in [0.05, 0.1) is 38.0 Å². The Labute approximate surface area is 149 Å². The van der Waals surface area contributed by atoms with Crippen molar-refractivity contribution >= 4 is 34.4 Å². The number of hydrogen-bond donors (Lipinski definition) is 2. The summed E-state index contributed by atoms with van der Waals surface area (Å²) in [5, 5.41) is 17.1. The van der Waals surface area contributed by atoms with E-state index in [1.54, 1.807) is 31.4 Å². The van der Waals surface area contributed by atoms with Gasteiger partial charge in [0, 0.05) is 6.07 Å². The summed E-state index contributed by atoms with van der Waals surface area (Å²) in [4.78, 5) is 10.7. The molecule has 0 atom stereocenters. The van der Waals surface area contributed by atoms with Gasteiger partial charge in [0.2, 0.25) is 0 Å². The van der Waals surface area contributed by atoms with Gasteiger partial charge >= 0.3 is 0 Å². The number of anilines is 2. The highest BCUT2D eigenvalue weighted by atomic mass is 32.1. The second kappa shape index (κ2) is 8.15. The van der Waals surface area contributed by atoms with Crippen molar-refractivity contribution in [2.45, 2.75) is 0 Å². The molecule has 0 saturated heterocycles. The molecule has 0 spiro atoms. The number of ether oxygens (including phenoxy) is 3. The largest absolute Gasteiger partial charge is 0.497 e. The normalized spacial score (nSPS) is 9.88. The summed E-state index contributed by atoms with van der Waals surface area (Å²) in [7, 11) is 4.51. The van der Waals surface area contributed by atoms with Crippen LogP contribution in [-0.4, -0.2) is 31.4 Å². The molecule has 0 aliphatic heterocycles. The van der Waals surface area contributed by atoms with Crippen molar-refractivity contribution in [1.29, 1.82) is 0 Å². The first-order valence-electron chi connectivity index (χ1n) is 7.11. The summed E-state index contributed by atoms with van der Waals surface area (Å²) in [5.74, 6) is 1.53. The van der Waals surface area contributed by atoms with Crippen molar-refractivity contribution in [3.05, 3.63) is 46.5 Å². The standard InChI is InChI=1S/C16H17N3O5S/c1-22-10-4-6-12(14(8-10)19(20)21)17-16(25)18-13-7-5-11(23-2)9-15(13)24-3/h4-9H,1-3H3,(H2,17,18,25). The Hall–Kier alpha value is -3.07. The number of nitro groups is 1. The molecule has 132 valence electrons. The quantitative estimate of drug-likeness (QED) is 0.458. The topological polar surface area (TPSA) is 94.9 Å². The molecule has 0 aliphatic rings. The van der Waals surface area contributed by atoms with Crippen LogP contribution < -0.4 is 24.8 Å². The highest BCUT2D eigenvalue weighted by molar-refractivity contribution is 7.80. The zero-order chi connectivity index (χ0) is 18.4. The van der Waals surface area contributed by atoms with Gasteiger partial charge in [-0.05, 0) is 36.5 Å². The maximum Gasteiger partial charge on any atom is 0.296 e. The molecule has 0 aromatic heterocycles. The number of nitrogens with zero attached hydrogens (tertiary/aromatic N) is 1. The minimum atomic E-state index is -0.512. The number of thiocarbonyl (C=S) groups is 1. The SMILES string of the molecule is COc1ccc(NC(=S)Nc2ccc(OC)cc2[N+](=O)[O-])c(OC)c1. The van der Waals surface area contributed by atoms with Crippen LogP contribution in [0.15, 0.2) is 36.4 Å². The summed E-state index contributed by atoms with van der Waals surface area (Å²) in [6.45, 7) is 0. The van der Waals surface area contributed by atoms with Gasteiger partial charge in [0.15, 0.2) is 5.11 Å². The molecular formula is C16H17N3O5S. The van der Waals surface area contributed by atoms with Crippen LogP contribution >= 0.6 is 12.2 Å². The van der Waals surface area contributed by atoms with Gasteiger partial charge in [-0.1, -0.05) is 0 Å². The van der Waals surface area contributed by atoms with Crippen LogP contribution in [0.3, 0.4) is 0 Å². The highest BCUT2D eigenvalue weighted by Gasteiger charge is 2.16. The van der Waals surface area contributed by atoms with Gasteiger partial charge in [-0.15, -0.1) is 0 Å². The molecule has 0 saturated carbocycles. The summed E-state index contributed by atoms with van der Waals surface area (Å²) in [6, 6.07) is 9.61. The lowest BCUT2D eigenvalue weighted by Gasteiger charge is -2.14. The molecular weight excluding hydrogens is 346 g/mol. The molecule has 0 amide bonds. The first kappa shape index (κ1) is 18.3. The number of hydrogen-bond acceptors (Lipinski definition) is 6. The van der Waals surface area contributed by atoms with Gasteiger partial charge in [0.1, 0.15) is 22.9 Å². The fraction of sp³-hybridized carbons (Fsp3) is 0.188. The Morgan fingerprint density at radius 1 is 0.960 bits per heavy atom. The summed E-state index contributed by atoms with van der Waals surface area (Å²) in [5.41, 5.74) is 0.693. The van der Waals surface area contributed by atoms with E-state index in [0.717, 1.165) is 0 Å². The Morgan fingerprint density at radius 2 is 1.52 bits per heavy atom. The van der Waals surface area contributed by atoms with Crippen LogP contribution in [0.4, 0.5) is 17.1 Å². The molecule has 0 heterocycles. The van der Waals surface area contributed by atoms with Crippen molar-refractivity contribution in [1.82, 2.24) is 0 Å². The first-order valence-corrected chi connectivity index (χ1v) is 7.51. The molecule has 25 heavy (non-hydrogen) atoms. The number of methoxy groups -OCH3 is 3. The summed E-state index contributed by atoms with van der Waals surface area (Å²) < 4.78 is 15.4. The van der Waals surface area contributed by atoms with E-state index in [-0.39, 0.29) is 16.5 Å². The molecule has 8 nitrogen and oxygen atoms in total. The predicted molar refractivity (Wildman–Crippen MR) is 99.0 cm³/mol. The van der Waals surface area contributed by atoms with E-state index in [1.165, 1.54) is 26.4 Å². The Morgan fingerprint density at radius 3 is 2.08 bits per heavy atom. The molecule has 0 fully saturated rings. The van der Waals surface area contributed by atoms with Crippen LogP contribution in [0.5, 0.6) is 17.2 Å². The number of benzene rings is 2. The van der Waals surface area contributed by atoms with E-state index in [9.17, 15) is 10.1 Å². The fourth-order valence-corrected chi connectivity index (χ4v) is 2.29. The van der Waals surface area contributed by atoms with Crippen molar-refractivity contribution in [3.63, 3.8) is 0 Å². The Bertz CT molecular complexity index is 797. The van der Waals surface area contributed by atoms with Gasteiger partial charge < -0.3 is 24.8 Å². The summed E-state index contributed by atoms with van der Waals surface area (Å²) >= 11 is 5.23. The Balaban J connectivity index is 2.19. The van der Waals surface area contributed by atoms with E-state index < -0.39 is 4.92 Å². The van der Waals surface area contributed by atoms with E-state index in [1.807, 2.05) is 0 Å². The third-order valence-electron chi connectivity index (χ3n) is 3.31. The third-order valence-corrected chi connectivity index (χ3v) is 3.51. The smallest absolute Gasteiger partial charge is 0.296 e. The van der Waals surface area contributed by atoms with Crippen LogP contribution in [0.25, 0.3) is 0 Å². The molecule has 2 aromatic carbocycles. The number of nitrogens with one attached hydrogen (secondary N) is 2. The lowest BCUT2D eigenvalue weighted by Crippen LogP contribution is -2.20. The van der Waals surface area contributed by atoms with Gasteiger partial charge in [-0.25, -0.2) is 0 Å². The lowest BCUT2D eigenvalue weighted by molar-refractivity contribution is -0.384. The van der Waals surface area contributed by atoms with Crippen molar-refractivity contribution < 1.29 is 19.1 Å². The zero-order valence-electron chi connectivity index (χ0n) is 13.9. The second-order valence-corrected chi connectivity index (χ2v) is 5.19. The van der Waals surface area contributed by atoms with E-state index >= 15 is 0 Å². The average molecular weight is 363 g/mol. The van der Waals surface area contributed by atoms with Crippen LogP contribution in [0.1, 0.15) is 0 Å².